The average Bonchev–Trinajstić information content (AvgIpc) is 3.21. The van der Waals surface area contributed by atoms with Crippen molar-refractivity contribution < 1.29 is 14.3 Å². The topological polar surface area (TPSA) is 92.0 Å². The number of furan rings is 1. The highest BCUT2D eigenvalue weighted by molar-refractivity contribution is 5.98. The second kappa shape index (κ2) is 5.95. The van der Waals surface area contributed by atoms with E-state index in [0.717, 1.165) is 0 Å². The summed E-state index contributed by atoms with van der Waals surface area (Å²) in [5.74, 6) is -0.611. The monoisotopic (exact) mass is 335 g/mol. The Morgan fingerprint density at radius 2 is 2.04 bits per heavy atom. The Labute approximate surface area is 144 Å². The summed E-state index contributed by atoms with van der Waals surface area (Å²) in [5, 5.41) is 23.2. The first-order valence-corrected chi connectivity index (χ1v) is 7.74. The maximum absolute atomic E-state index is 11.8. The fraction of sp³-hybridized carbons (Fsp3) is 0.211. The van der Waals surface area contributed by atoms with Crippen LogP contribution in [0.5, 0.6) is 0 Å². The van der Waals surface area contributed by atoms with E-state index in [9.17, 15) is 9.90 Å². The molecule has 25 heavy (non-hydrogen) atoms. The lowest BCUT2D eigenvalue weighted by molar-refractivity contribution is 0.0689. The first-order chi connectivity index (χ1) is 11.8. The lowest BCUT2D eigenvalue weighted by Crippen LogP contribution is -2.24. The van der Waals surface area contributed by atoms with Crippen LogP contribution in [-0.4, -0.2) is 20.9 Å². The number of rotatable bonds is 3. The number of aromatic nitrogens is 2. The molecule has 1 N–H and O–H groups in total. The van der Waals surface area contributed by atoms with Crippen LogP contribution in [0.15, 0.2) is 47.1 Å². The molecule has 6 heteroatoms. The lowest BCUT2D eigenvalue weighted by atomic mass is 9.99. The first kappa shape index (κ1) is 16.5. The molecule has 0 amide bonds. The van der Waals surface area contributed by atoms with Gasteiger partial charge in [0.1, 0.15) is 5.69 Å². The van der Waals surface area contributed by atoms with Crippen molar-refractivity contribution in [2.75, 3.05) is 0 Å². The molecule has 1 aromatic carbocycles. The van der Waals surface area contributed by atoms with Crippen molar-refractivity contribution in [1.29, 1.82) is 5.26 Å². The molecule has 6 nitrogen and oxygen atoms in total. The highest BCUT2D eigenvalue weighted by Gasteiger charge is 2.30. The Balaban J connectivity index is 2.41. The van der Waals surface area contributed by atoms with E-state index < -0.39 is 11.5 Å². The molecular formula is C19H17N3O3. The smallest absolute Gasteiger partial charge is 0.357 e. The number of hydrogen-bond acceptors (Lipinski definition) is 4. The molecule has 0 radical (unpaired) electrons. The van der Waals surface area contributed by atoms with Crippen LogP contribution in [0.1, 0.15) is 36.8 Å². The van der Waals surface area contributed by atoms with Crippen LogP contribution in [0.3, 0.4) is 0 Å². The molecule has 0 aliphatic rings. The molecule has 126 valence electrons. The molecule has 0 bridgehead atoms. The summed E-state index contributed by atoms with van der Waals surface area (Å²) in [6.07, 6.45) is 1.53. The van der Waals surface area contributed by atoms with E-state index in [1.165, 1.54) is 6.26 Å². The molecule has 0 aliphatic heterocycles. The maximum atomic E-state index is 11.8. The molecule has 3 aromatic rings. The van der Waals surface area contributed by atoms with Gasteiger partial charge in [-0.05, 0) is 50.6 Å². The zero-order valence-corrected chi connectivity index (χ0v) is 14.1. The number of carbonyl (C=O) groups is 1. The Bertz CT molecular complexity index is 971. The molecule has 0 saturated heterocycles. The Morgan fingerprint density at radius 3 is 2.60 bits per heavy atom. The molecule has 0 spiro atoms. The van der Waals surface area contributed by atoms with Gasteiger partial charge in [0, 0.05) is 5.56 Å². The van der Waals surface area contributed by atoms with Gasteiger partial charge in [-0.25, -0.2) is 4.79 Å². The zero-order chi connectivity index (χ0) is 18.2. The minimum Gasteiger partial charge on any atom is -0.476 e. The Morgan fingerprint density at radius 1 is 1.28 bits per heavy atom. The fourth-order valence-electron chi connectivity index (χ4n) is 2.71. The van der Waals surface area contributed by atoms with Crippen LogP contribution >= 0.6 is 0 Å². The summed E-state index contributed by atoms with van der Waals surface area (Å²) >= 11 is 0. The van der Waals surface area contributed by atoms with Gasteiger partial charge >= 0.3 is 5.97 Å². The minimum atomic E-state index is -1.13. The molecule has 2 aromatic heterocycles. The van der Waals surface area contributed by atoms with E-state index in [1.54, 1.807) is 41.1 Å². The number of nitriles is 1. The van der Waals surface area contributed by atoms with Gasteiger partial charge in [0.2, 0.25) is 0 Å². The molecule has 2 heterocycles. The van der Waals surface area contributed by atoms with Crippen molar-refractivity contribution in [3.8, 4) is 28.7 Å². The quantitative estimate of drug-likeness (QED) is 0.776. The average molecular weight is 335 g/mol. The number of hydrogen-bond donors (Lipinski definition) is 1. The third-order valence-corrected chi connectivity index (χ3v) is 3.76. The van der Waals surface area contributed by atoms with Gasteiger partial charge in [0.25, 0.3) is 0 Å². The minimum absolute atomic E-state index is 0.0728. The predicted octanol–water partition coefficient (Wildman–Crippen LogP) is 4.13. The summed E-state index contributed by atoms with van der Waals surface area (Å²) in [6, 6.07) is 12.4. The molecule has 0 fully saturated rings. The van der Waals surface area contributed by atoms with E-state index in [2.05, 4.69) is 11.2 Å². The van der Waals surface area contributed by atoms with Crippen LogP contribution in [-0.2, 0) is 5.54 Å². The largest absolute Gasteiger partial charge is 0.476 e. The van der Waals surface area contributed by atoms with E-state index >= 15 is 0 Å². The van der Waals surface area contributed by atoms with E-state index in [4.69, 9.17) is 9.68 Å². The summed E-state index contributed by atoms with van der Waals surface area (Å²) in [4.78, 5) is 11.8. The van der Waals surface area contributed by atoms with Crippen molar-refractivity contribution in [3.63, 3.8) is 0 Å². The van der Waals surface area contributed by atoms with Gasteiger partial charge in [-0.1, -0.05) is 12.1 Å². The second-order valence-corrected chi connectivity index (χ2v) is 6.63. The van der Waals surface area contributed by atoms with Crippen LogP contribution in [0.25, 0.3) is 22.6 Å². The highest BCUT2D eigenvalue weighted by Crippen LogP contribution is 2.38. The lowest BCUT2D eigenvalue weighted by Gasteiger charge is -2.22. The van der Waals surface area contributed by atoms with E-state index in [0.29, 0.717) is 28.1 Å². The number of carboxylic acid groups (broad SMARTS) is 1. The van der Waals surface area contributed by atoms with Crippen molar-refractivity contribution in [2.24, 2.45) is 0 Å². The molecular weight excluding hydrogens is 318 g/mol. The highest BCUT2D eigenvalue weighted by atomic mass is 16.4. The van der Waals surface area contributed by atoms with Crippen LogP contribution in [0, 0.1) is 11.3 Å². The molecule has 3 rings (SSSR count). The summed E-state index contributed by atoms with van der Waals surface area (Å²) < 4.78 is 7.20. The fourth-order valence-corrected chi connectivity index (χ4v) is 2.71. The predicted molar refractivity (Wildman–Crippen MR) is 92.0 cm³/mol. The number of aromatic carboxylic acids is 1. The van der Waals surface area contributed by atoms with Gasteiger partial charge in [-0.15, -0.1) is 0 Å². The Kier molecular flexibility index (Phi) is 3.93. The molecule has 0 unspecified atom stereocenters. The third kappa shape index (κ3) is 2.92. The molecule has 0 saturated carbocycles. The molecule has 0 atom stereocenters. The first-order valence-electron chi connectivity index (χ1n) is 7.74. The SMILES string of the molecule is CC(C)(C)n1nc(C(=O)O)c(-c2cccc(C#N)c2)c1-c1ccco1. The van der Waals surface area contributed by atoms with Gasteiger partial charge < -0.3 is 9.52 Å². The summed E-state index contributed by atoms with van der Waals surface area (Å²) in [5.41, 5.74) is 1.54. The van der Waals surface area contributed by atoms with Crippen molar-refractivity contribution in [1.82, 2.24) is 9.78 Å². The van der Waals surface area contributed by atoms with Crippen LogP contribution in [0.4, 0.5) is 0 Å². The normalized spacial score (nSPS) is 11.3. The van der Waals surface area contributed by atoms with E-state index in [-0.39, 0.29) is 5.69 Å². The van der Waals surface area contributed by atoms with Crippen LogP contribution < -0.4 is 0 Å². The second-order valence-electron chi connectivity index (χ2n) is 6.63. The third-order valence-electron chi connectivity index (χ3n) is 3.76. The van der Waals surface area contributed by atoms with Crippen LogP contribution in [0.2, 0.25) is 0 Å². The van der Waals surface area contributed by atoms with Gasteiger partial charge in [0.05, 0.1) is 23.4 Å². The number of carboxylic acids is 1. The van der Waals surface area contributed by atoms with Crippen molar-refractivity contribution in [2.45, 2.75) is 26.3 Å². The number of nitrogens with zero attached hydrogens (tertiary/aromatic N) is 3. The molecule has 0 aliphatic carbocycles. The maximum Gasteiger partial charge on any atom is 0.357 e. The van der Waals surface area contributed by atoms with Gasteiger partial charge in [0.15, 0.2) is 11.5 Å². The standard InChI is InChI=1S/C19H17N3O3/c1-19(2,3)22-17(14-8-5-9-25-14)15(16(21-22)18(23)24)13-7-4-6-12(10-13)11-20/h4-10H,1-3H3,(H,23,24). The van der Waals surface area contributed by atoms with Gasteiger partial charge in [-0.3, -0.25) is 4.68 Å². The van der Waals surface area contributed by atoms with E-state index in [1.807, 2.05) is 20.8 Å². The van der Waals surface area contributed by atoms with Gasteiger partial charge in [-0.2, -0.15) is 10.4 Å². The summed E-state index contributed by atoms with van der Waals surface area (Å²) in [7, 11) is 0. The number of benzene rings is 1. The van der Waals surface area contributed by atoms with Crippen molar-refractivity contribution in [3.05, 3.63) is 53.9 Å². The van der Waals surface area contributed by atoms with Crippen molar-refractivity contribution >= 4 is 5.97 Å². The summed E-state index contributed by atoms with van der Waals surface area (Å²) in [6.45, 7) is 5.81. The Hall–Kier alpha value is -3.33. The zero-order valence-electron chi connectivity index (χ0n) is 14.1.